The molecule has 104 valence electrons. The summed E-state index contributed by atoms with van der Waals surface area (Å²) >= 11 is 6.91. The van der Waals surface area contributed by atoms with E-state index >= 15 is 0 Å². The summed E-state index contributed by atoms with van der Waals surface area (Å²) in [6.45, 7) is 1.99. The number of rotatable bonds is 3. The number of hydrogen-bond donors (Lipinski definition) is 2. The maximum atomic E-state index is 12.1. The van der Waals surface area contributed by atoms with Gasteiger partial charge in [-0.2, -0.15) is 0 Å². The van der Waals surface area contributed by atoms with Crippen LogP contribution in [0.1, 0.15) is 11.1 Å². The second-order valence-electron chi connectivity index (χ2n) is 4.53. The summed E-state index contributed by atoms with van der Waals surface area (Å²) in [5.74, 6) is -0.104. The third-order valence-electron chi connectivity index (χ3n) is 2.86. The molecular weight excluding hydrogens is 384 g/mol. The first kappa shape index (κ1) is 15.1. The molecule has 0 fully saturated rings. The van der Waals surface area contributed by atoms with E-state index in [1.165, 1.54) is 0 Å². The minimum atomic E-state index is -0.104. The molecule has 0 aliphatic carbocycles. The number of nitrogens with one attached hydrogen (secondary N) is 1. The molecule has 0 saturated carbocycles. The lowest BCUT2D eigenvalue weighted by Gasteiger charge is -2.11. The fourth-order valence-electron chi connectivity index (χ4n) is 1.87. The predicted octanol–water partition coefficient (Wildman–Crippen LogP) is 4.28. The Balaban J connectivity index is 2.15. The average Bonchev–Trinajstić information content (AvgIpc) is 2.36. The monoisotopic (exact) mass is 396 g/mol. The first-order valence-corrected chi connectivity index (χ1v) is 7.65. The number of carbonyl (C=O) groups is 1. The standard InChI is InChI=1S/C15H14Br2N2O/c1-9-6-11(16)15(12(17)7-9)19-14(20)8-10-4-2-3-5-13(10)18/h2-7H,8,18H2,1H3,(H,19,20). The summed E-state index contributed by atoms with van der Waals surface area (Å²) in [5, 5.41) is 2.89. The van der Waals surface area contributed by atoms with E-state index in [1.54, 1.807) is 6.07 Å². The summed E-state index contributed by atoms with van der Waals surface area (Å²) < 4.78 is 1.69. The zero-order valence-corrected chi connectivity index (χ0v) is 14.1. The Bertz CT molecular complexity index is 633. The zero-order valence-electron chi connectivity index (χ0n) is 10.9. The van der Waals surface area contributed by atoms with Gasteiger partial charge in [-0.3, -0.25) is 4.79 Å². The number of carbonyl (C=O) groups excluding carboxylic acids is 1. The van der Waals surface area contributed by atoms with Crippen LogP contribution in [-0.2, 0) is 11.2 Å². The van der Waals surface area contributed by atoms with E-state index in [0.29, 0.717) is 5.69 Å². The molecule has 0 bridgehead atoms. The smallest absolute Gasteiger partial charge is 0.228 e. The highest BCUT2D eigenvalue weighted by atomic mass is 79.9. The van der Waals surface area contributed by atoms with Crippen LogP contribution in [0.4, 0.5) is 11.4 Å². The number of nitrogen functional groups attached to an aromatic ring is 1. The maximum absolute atomic E-state index is 12.1. The van der Waals surface area contributed by atoms with Gasteiger partial charge >= 0.3 is 0 Å². The molecule has 3 nitrogen and oxygen atoms in total. The van der Waals surface area contributed by atoms with Crippen molar-refractivity contribution < 1.29 is 4.79 Å². The van der Waals surface area contributed by atoms with E-state index < -0.39 is 0 Å². The lowest BCUT2D eigenvalue weighted by Crippen LogP contribution is -2.16. The normalized spacial score (nSPS) is 10.3. The van der Waals surface area contributed by atoms with Crippen LogP contribution in [-0.4, -0.2) is 5.91 Å². The van der Waals surface area contributed by atoms with Crippen molar-refractivity contribution in [3.8, 4) is 0 Å². The highest BCUT2D eigenvalue weighted by Crippen LogP contribution is 2.32. The van der Waals surface area contributed by atoms with Crippen molar-refractivity contribution >= 4 is 49.1 Å². The van der Waals surface area contributed by atoms with Crippen molar-refractivity contribution in [2.75, 3.05) is 11.1 Å². The summed E-state index contributed by atoms with van der Waals surface area (Å²) in [6, 6.07) is 11.3. The molecule has 0 heterocycles. The van der Waals surface area contributed by atoms with Crippen molar-refractivity contribution in [2.24, 2.45) is 0 Å². The van der Waals surface area contributed by atoms with E-state index in [4.69, 9.17) is 5.73 Å². The maximum Gasteiger partial charge on any atom is 0.228 e. The summed E-state index contributed by atoms with van der Waals surface area (Å²) in [7, 11) is 0. The fourth-order valence-corrected chi connectivity index (χ4v) is 3.48. The Hall–Kier alpha value is -1.33. The Labute approximate surface area is 134 Å². The van der Waals surface area contributed by atoms with Crippen molar-refractivity contribution in [3.63, 3.8) is 0 Å². The molecule has 2 aromatic rings. The fraction of sp³-hybridized carbons (Fsp3) is 0.133. The number of hydrogen-bond acceptors (Lipinski definition) is 2. The van der Waals surface area contributed by atoms with Crippen LogP contribution in [0.15, 0.2) is 45.3 Å². The molecule has 0 aliphatic rings. The number of para-hydroxylation sites is 1. The molecule has 0 radical (unpaired) electrons. The summed E-state index contributed by atoms with van der Waals surface area (Å²) in [5.41, 5.74) is 9.13. The van der Waals surface area contributed by atoms with Crippen molar-refractivity contribution in [2.45, 2.75) is 13.3 Å². The molecule has 2 rings (SSSR count). The number of anilines is 2. The lowest BCUT2D eigenvalue weighted by atomic mass is 10.1. The van der Waals surface area contributed by atoms with Gasteiger partial charge in [0.15, 0.2) is 0 Å². The minimum absolute atomic E-state index is 0.104. The molecule has 0 unspecified atom stereocenters. The van der Waals surface area contributed by atoms with Gasteiger partial charge in [0.2, 0.25) is 5.91 Å². The number of benzene rings is 2. The van der Waals surface area contributed by atoms with Crippen LogP contribution in [0.3, 0.4) is 0 Å². The molecule has 0 saturated heterocycles. The second kappa shape index (κ2) is 6.41. The second-order valence-corrected chi connectivity index (χ2v) is 6.24. The van der Waals surface area contributed by atoms with Crippen LogP contribution in [0, 0.1) is 6.92 Å². The highest BCUT2D eigenvalue weighted by molar-refractivity contribution is 9.11. The Morgan fingerprint density at radius 2 is 1.80 bits per heavy atom. The first-order valence-electron chi connectivity index (χ1n) is 6.06. The molecule has 0 spiro atoms. The first-order chi connectivity index (χ1) is 9.47. The number of halogens is 2. The zero-order chi connectivity index (χ0) is 14.7. The molecule has 1 amide bonds. The molecule has 5 heteroatoms. The Kier molecular flexibility index (Phi) is 4.83. The van der Waals surface area contributed by atoms with Crippen LogP contribution in [0.5, 0.6) is 0 Å². The van der Waals surface area contributed by atoms with Gasteiger partial charge in [0.05, 0.1) is 12.1 Å². The van der Waals surface area contributed by atoms with E-state index in [1.807, 2.05) is 37.3 Å². The molecular formula is C15H14Br2N2O. The van der Waals surface area contributed by atoms with Crippen molar-refractivity contribution in [1.29, 1.82) is 0 Å². The third-order valence-corrected chi connectivity index (χ3v) is 4.11. The van der Waals surface area contributed by atoms with Crippen LogP contribution in [0.2, 0.25) is 0 Å². The summed E-state index contributed by atoms with van der Waals surface area (Å²) in [4.78, 5) is 12.1. The highest BCUT2D eigenvalue weighted by Gasteiger charge is 2.11. The molecule has 0 aromatic heterocycles. The largest absolute Gasteiger partial charge is 0.398 e. The third kappa shape index (κ3) is 3.61. The van der Waals surface area contributed by atoms with Crippen LogP contribution < -0.4 is 11.1 Å². The van der Waals surface area contributed by atoms with Gasteiger partial charge in [-0.1, -0.05) is 18.2 Å². The predicted molar refractivity (Wildman–Crippen MR) is 89.8 cm³/mol. The van der Waals surface area contributed by atoms with E-state index in [-0.39, 0.29) is 12.3 Å². The topological polar surface area (TPSA) is 55.1 Å². The number of nitrogens with two attached hydrogens (primary N) is 1. The number of amides is 1. The minimum Gasteiger partial charge on any atom is -0.398 e. The van der Waals surface area contributed by atoms with Crippen LogP contribution in [0.25, 0.3) is 0 Å². The van der Waals surface area contributed by atoms with Gasteiger partial charge in [0, 0.05) is 14.6 Å². The number of aryl methyl sites for hydroxylation is 1. The van der Waals surface area contributed by atoms with Crippen molar-refractivity contribution in [3.05, 3.63) is 56.5 Å². The van der Waals surface area contributed by atoms with E-state index in [2.05, 4.69) is 37.2 Å². The van der Waals surface area contributed by atoms with Gasteiger partial charge in [-0.05, 0) is 68.1 Å². The van der Waals surface area contributed by atoms with Gasteiger partial charge in [0.25, 0.3) is 0 Å². The van der Waals surface area contributed by atoms with E-state index in [9.17, 15) is 4.79 Å². The van der Waals surface area contributed by atoms with Gasteiger partial charge in [-0.15, -0.1) is 0 Å². The van der Waals surface area contributed by atoms with Gasteiger partial charge < -0.3 is 11.1 Å². The van der Waals surface area contributed by atoms with Gasteiger partial charge in [0.1, 0.15) is 0 Å². The molecule has 20 heavy (non-hydrogen) atoms. The van der Waals surface area contributed by atoms with Crippen LogP contribution >= 0.6 is 31.9 Å². The molecule has 3 N–H and O–H groups in total. The quantitative estimate of drug-likeness (QED) is 0.759. The SMILES string of the molecule is Cc1cc(Br)c(NC(=O)Cc2ccccc2N)c(Br)c1. The van der Waals surface area contributed by atoms with Crippen molar-refractivity contribution in [1.82, 2.24) is 0 Å². The molecule has 2 aromatic carbocycles. The van der Waals surface area contributed by atoms with E-state index in [0.717, 1.165) is 25.8 Å². The molecule has 0 atom stereocenters. The summed E-state index contributed by atoms with van der Waals surface area (Å²) in [6.07, 6.45) is 0.249. The Morgan fingerprint density at radius 3 is 2.40 bits per heavy atom. The Morgan fingerprint density at radius 1 is 1.20 bits per heavy atom. The molecule has 0 aliphatic heterocycles. The average molecular weight is 398 g/mol. The van der Waals surface area contributed by atoms with Gasteiger partial charge in [-0.25, -0.2) is 0 Å². The lowest BCUT2D eigenvalue weighted by molar-refractivity contribution is -0.115.